The Bertz CT molecular complexity index is 787. The first-order chi connectivity index (χ1) is 12.1. The van der Waals surface area contributed by atoms with Crippen molar-refractivity contribution in [3.63, 3.8) is 0 Å². The topological polar surface area (TPSA) is 120 Å². The number of nitrogens with one attached hydrogen (secondary N) is 1. The summed E-state index contributed by atoms with van der Waals surface area (Å²) in [5.74, 6) is -0.322. The van der Waals surface area contributed by atoms with Gasteiger partial charge in [-0.25, -0.2) is 9.78 Å². The molecule has 0 saturated carbocycles. The van der Waals surface area contributed by atoms with Crippen LogP contribution in [0.4, 0.5) is 0 Å². The van der Waals surface area contributed by atoms with Crippen LogP contribution < -0.4 is 14.8 Å². The number of carbonyl (C=O) groups is 2. The van der Waals surface area contributed by atoms with Gasteiger partial charge in [0, 0.05) is 12.7 Å². The number of methoxy groups -OCH3 is 1. The van der Waals surface area contributed by atoms with E-state index >= 15 is 0 Å². The SMILES string of the molecule is COC(CNC(=O)c1ncoc1-c1ccc2c(c1)OCCO2)C(=O)O. The minimum absolute atomic E-state index is 0.0388. The van der Waals surface area contributed by atoms with Gasteiger partial charge < -0.3 is 29.1 Å². The van der Waals surface area contributed by atoms with Gasteiger partial charge in [0.15, 0.2) is 35.5 Å². The van der Waals surface area contributed by atoms with Crippen molar-refractivity contribution in [3.05, 3.63) is 30.3 Å². The van der Waals surface area contributed by atoms with Gasteiger partial charge in [-0.05, 0) is 18.2 Å². The number of benzene rings is 1. The van der Waals surface area contributed by atoms with Crippen LogP contribution in [0.25, 0.3) is 11.3 Å². The molecular weight excluding hydrogens is 332 g/mol. The zero-order valence-electron chi connectivity index (χ0n) is 13.4. The molecule has 1 aromatic heterocycles. The maximum absolute atomic E-state index is 12.3. The minimum atomic E-state index is -1.17. The quantitative estimate of drug-likeness (QED) is 0.791. The molecule has 1 unspecified atom stereocenters. The van der Waals surface area contributed by atoms with Crippen LogP contribution in [0.15, 0.2) is 29.0 Å². The Labute approximate surface area is 142 Å². The van der Waals surface area contributed by atoms with E-state index in [1.54, 1.807) is 18.2 Å². The second-order valence-corrected chi connectivity index (χ2v) is 5.16. The summed E-state index contributed by atoms with van der Waals surface area (Å²) in [4.78, 5) is 27.1. The van der Waals surface area contributed by atoms with E-state index in [9.17, 15) is 9.59 Å². The molecule has 0 fully saturated rings. The molecule has 9 heteroatoms. The van der Waals surface area contributed by atoms with E-state index in [4.69, 9.17) is 23.7 Å². The van der Waals surface area contributed by atoms with Crippen molar-refractivity contribution in [2.45, 2.75) is 6.10 Å². The number of carbonyl (C=O) groups excluding carboxylic acids is 1. The highest BCUT2D eigenvalue weighted by molar-refractivity contribution is 5.98. The second kappa shape index (κ2) is 7.22. The lowest BCUT2D eigenvalue weighted by Crippen LogP contribution is -2.38. The molecule has 2 aromatic rings. The fourth-order valence-corrected chi connectivity index (χ4v) is 2.34. The molecule has 132 valence electrons. The highest BCUT2D eigenvalue weighted by Gasteiger charge is 2.23. The summed E-state index contributed by atoms with van der Waals surface area (Å²) in [6.45, 7) is 0.721. The molecule has 2 heterocycles. The van der Waals surface area contributed by atoms with Gasteiger partial charge in [0.05, 0.1) is 6.54 Å². The third-order valence-corrected chi connectivity index (χ3v) is 3.59. The van der Waals surface area contributed by atoms with Gasteiger partial charge in [0.1, 0.15) is 13.2 Å². The number of ether oxygens (including phenoxy) is 3. The number of hydrogen-bond donors (Lipinski definition) is 2. The number of hydrogen-bond acceptors (Lipinski definition) is 7. The van der Waals surface area contributed by atoms with Gasteiger partial charge in [-0.1, -0.05) is 0 Å². The molecule has 1 atom stereocenters. The van der Waals surface area contributed by atoms with Gasteiger partial charge >= 0.3 is 5.97 Å². The van der Waals surface area contributed by atoms with Crippen LogP contribution in [-0.4, -0.2) is 54.9 Å². The number of aliphatic carboxylic acids is 1. The Morgan fingerprint density at radius 3 is 2.80 bits per heavy atom. The van der Waals surface area contributed by atoms with Crippen LogP contribution in [-0.2, 0) is 9.53 Å². The summed E-state index contributed by atoms with van der Waals surface area (Å²) >= 11 is 0. The molecule has 0 aliphatic carbocycles. The van der Waals surface area contributed by atoms with Crippen molar-refractivity contribution in [1.82, 2.24) is 10.3 Å². The smallest absolute Gasteiger partial charge is 0.334 e. The molecule has 9 nitrogen and oxygen atoms in total. The number of oxazole rings is 1. The predicted octanol–water partition coefficient (Wildman–Crippen LogP) is 0.942. The van der Waals surface area contributed by atoms with Crippen molar-refractivity contribution in [2.75, 3.05) is 26.9 Å². The van der Waals surface area contributed by atoms with Gasteiger partial charge in [-0.3, -0.25) is 4.79 Å². The Kier molecular flexibility index (Phi) is 4.85. The van der Waals surface area contributed by atoms with Crippen LogP contribution in [0.2, 0.25) is 0 Å². The molecule has 0 saturated heterocycles. The Hall–Kier alpha value is -3.07. The summed E-state index contributed by atoms with van der Waals surface area (Å²) in [5.41, 5.74) is 0.630. The average Bonchev–Trinajstić information content (AvgIpc) is 3.11. The van der Waals surface area contributed by atoms with Crippen molar-refractivity contribution in [3.8, 4) is 22.8 Å². The zero-order valence-corrected chi connectivity index (χ0v) is 13.4. The normalized spacial score (nSPS) is 14.0. The first-order valence-electron chi connectivity index (χ1n) is 7.47. The van der Waals surface area contributed by atoms with E-state index in [0.29, 0.717) is 30.3 Å². The molecular formula is C16H16N2O7. The van der Waals surface area contributed by atoms with E-state index < -0.39 is 18.0 Å². The Morgan fingerprint density at radius 2 is 2.08 bits per heavy atom. The molecule has 25 heavy (non-hydrogen) atoms. The van der Waals surface area contributed by atoms with Gasteiger partial charge in [-0.2, -0.15) is 0 Å². The first kappa shape index (κ1) is 16.8. The van der Waals surface area contributed by atoms with E-state index in [1.807, 2.05) is 0 Å². The van der Waals surface area contributed by atoms with E-state index in [0.717, 1.165) is 6.39 Å². The van der Waals surface area contributed by atoms with Crippen molar-refractivity contribution in [2.24, 2.45) is 0 Å². The highest BCUT2D eigenvalue weighted by Crippen LogP contribution is 2.35. The maximum atomic E-state index is 12.3. The predicted molar refractivity (Wildman–Crippen MR) is 83.7 cm³/mol. The third-order valence-electron chi connectivity index (χ3n) is 3.59. The molecule has 0 radical (unpaired) electrons. The van der Waals surface area contributed by atoms with E-state index in [-0.39, 0.29) is 18.0 Å². The lowest BCUT2D eigenvalue weighted by molar-refractivity contribution is -0.148. The van der Waals surface area contributed by atoms with E-state index in [2.05, 4.69) is 10.3 Å². The largest absolute Gasteiger partial charge is 0.486 e. The minimum Gasteiger partial charge on any atom is -0.486 e. The molecule has 1 aliphatic heterocycles. The van der Waals surface area contributed by atoms with Crippen molar-refractivity contribution in [1.29, 1.82) is 0 Å². The van der Waals surface area contributed by atoms with Crippen LogP contribution in [0.5, 0.6) is 11.5 Å². The number of carboxylic acids is 1. The molecule has 0 spiro atoms. The van der Waals surface area contributed by atoms with Gasteiger partial charge in [-0.15, -0.1) is 0 Å². The Balaban J connectivity index is 1.78. The summed E-state index contributed by atoms with van der Waals surface area (Å²) in [7, 11) is 1.25. The van der Waals surface area contributed by atoms with Crippen LogP contribution in [0.1, 0.15) is 10.5 Å². The fourth-order valence-electron chi connectivity index (χ4n) is 2.34. The molecule has 3 rings (SSSR count). The lowest BCUT2D eigenvalue weighted by atomic mass is 10.1. The molecule has 1 aromatic carbocycles. The summed E-state index contributed by atoms with van der Waals surface area (Å²) < 4.78 is 21.1. The van der Waals surface area contributed by atoms with Crippen LogP contribution in [0, 0.1) is 0 Å². The Morgan fingerprint density at radius 1 is 1.32 bits per heavy atom. The summed E-state index contributed by atoms with van der Waals surface area (Å²) in [5, 5.41) is 11.4. The number of fused-ring (bicyclic) bond motifs is 1. The number of nitrogens with zero attached hydrogens (tertiary/aromatic N) is 1. The number of rotatable bonds is 6. The maximum Gasteiger partial charge on any atom is 0.334 e. The standard InChI is InChI=1S/C16H16N2O7/c1-22-12(16(20)21)7-17-15(19)13-14(25-8-18-13)9-2-3-10-11(6-9)24-5-4-23-10/h2-3,6,8,12H,4-5,7H2,1H3,(H,17,19)(H,20,21). The number of aromatic nitrogens is 1. The second-order valence-electron chi connectivity index (χ2n) is 5.16. The third kappa shape index (κ3) is 3.56. The molecule has 1 aliphatic rings. The van der Waals surface area contributed by atoms with Crippen LogP contribution in [0.3, 0.4) is 0 Å². The van der Waals surface area contributed by atoms with Gasteiger partial charge in [0.2, 0.25) is 0 Å². The summed E-state index contributed by atoms with van der Waals surface area (Å²) in [6, 6.07) is 5.14. The molecule has 2 N–H and O–H groups in total. The van der Waals surface area contributed by atoms with Crippen molar-refractivity contribution < 1.29 is 33.3 Å². The molecule has 1 amide bonds. The summed E-state index contributed by atoms with van der Waals surface area (Å²) in [6.07, 6.45) is 0.0000723. The number of amides is 1. The molecule has 0 bridgehead atoms. The van der Waals surface area contributed by atoms with Gasteiger partial charge in [0.25, 0.3) is 5.91 Å². The van der Waals surface area contributed by atoms with Crippen molar-refractivity contribution >= 4 is 11.9 Å². The highest BCUT2D eigenvalue weighted by atomic mass is 16.6. The lowest BCUT2D eigenvalue weighted by Gasteiger charge is -2.18. The zero-order chi connectivity index (χ0) is 17.8. The monoisotopic (exact) mass is 348 g/mol. The first-order valence-corrected chi connectivity index (χ1v) is 7.47. The number of carboxylic acid groups (broad SMARTS) is 1. The average molecular weight is 348 g/mol. The fraction of sp³-hybridized carbons (Fsp3) is 0.312. The van der Waals surface area contributed by atoms with E-state index in [1.165, 1.54) is 7.11 Å². The van der Waals surface area contributed by atoms with Crippen LogP contribution >= 0.6 is 0 Å².